The van der Waals surface area contributed by atoms with Crippen molar-refractivity contribution in [1.29, 1.82) is 0 Å². The first-order chi connectivity index (χ1) is 8.96. The van der Waals surface area contributed by atoms with Gasteiger partial charge in [-0.2, -0.15) is 5.10 Å². The average Bonchev–Trinajstić information content (AvgIpc) is 2.34. The van der Waals surface area contributed by atoms with Crippen LogP contribution in [0.5, 0.6) is 0 Å². The maximum absolute atomic E-state index is 11.9. The number of carbonyl (C=O) groups is 1. The maximum Gasteiger partial charge on any atom is 0.271 e. The molecule has 0 aromatic heterocycles. The highest BCUT2D eigenvalue weighted by atomic mass is 16.2. The summed E-state index contributed by atoms with van der Waals surface area (Å²) in [6.45, 7) is 6.77. The molecule has 19 heavy (non-hydrogen) atoms. The van der Waals surface area contributed by atoms with Crippen molar-refractivity contribution in [2.24, 2.45) is 16.4 Å². The van der Waals surface area contributed by atoms with Gasteiger partial charge in [-0.1, -0.05) is 39.0 Å². The minimum Gasteiger partial charge on any atom is -0.267 e. The molecule has 3 nitrogen and oxygen atoms in total. The lowest BCUT2D eigenvalue weighted by Gasteiger charge is -2.34. The molecule has 1 saturated carbocycles. The van der Waals surface area contributed by atoms with Crippen molar-refractivity contribution in [2.45, 2.75) is 40.0 Å². The number of benzene rings is 1. The molecule has 0 spiro atoms. The third kappa shape index (κ3) is 3.91. The van der Waals surface area contributed by atoms with Gasteiger partial charge in [-0.25, -0.2) is 5.43 Å². The van der Waals surface area contributed by atoms with Crippen LogP contribution >= 0.6 is 0 Å². The molecule has 1 atom stereocenters. The highest BCUT2D eigenvalue weighted by Crippen LogP contribution is 2.36. The third-order valence-corrected chi connectivity index (χ3v) is 3.52. The monoisotopic (exact) mass is 258 g/mol. The second-order valence-corrected chi connectivity index (χ2v) is 6.34. The fourth-order valence-electron chi connectivity index (χ4n) is 2.98. The zero-order chi connectivity index (χ0) is 13.9. The molecule has 1 N–H and O–H groups in total. The Morgan fingerprint density at radius 3 is 2.63 bits per heavy atom. The van der Waals surface area contributed by atoms with Gasteiger partial charge in [0.2, 0.25) is 0 Å². The molecule has 1 unspecified atom stereocenters. The van der Waals surface area contributed by atoms with Gasteiger partial charge in [0.15, 0.2) is 0 Å². The number of hydrogen-bond acceptors (Lipinski definition) is 2. The van der Waals surface area contributed by atoms with Gasteiger partial charge >= 0.3 is 0 Å². The molecule has 1 amide bonds. The van der Waals surface area contributed by atoms with E-state index >= 15 is 0 Å². The van der Waals surface area contributed by atoms with Gasteiger partial charge in [0.05, 0.1) is 0 Å². The first-order valence-electron chi connectivity index (χ1n) is 6.87. The molecule has 1 aliphatic rings. The lowest BCUT2D eigenvalue weighted by Crippen LogP contribution is -2.30. The Labute approximate surface area is 115 Å². The van der Waals surface area contributed by atoms with Crippen LogP contribution in [0.1, 0.15) is 50.4 Å². The van der Waals surface area contributed by atoms with Crippen molar-refractivity contribution in [1.82, 2.24) is 5.43 Å². The van der Waals surface area contributed by atoms with E-state index in [-0.39, 0.29) is 11.3 Å². The molecule has 1 aromatic carbocycles. The Hall–Kier alpha value is -1.64. The number of nitrogens with zero attached hydrogens (tertiary/aromatic N) is 1. The van der Waals surface area contributed by atoms with Crippen molar-refractivity contribution < 1.29 is 4.79 Å². The second kappa shape index (κ2) is 5.55. The Kier molecular flexibility index (Phi) is 4.03. The summed E-state index contributed by atoms with van der Waals surface area (Å²) in [5.41, 5.74) is 4.71. The molecule has 0 radical (unpaired) electrons. The molecule has 1 fully saturated rings. The van der Waals surface area contributed by atoms with E-state index in [1.165, 1.54) is 6.42 Å². The Bertz CT molecular complexity index is 477. The van der Waals surface area contributed by atoms with Crippen molar-refractivity contribution in [3.8, 4) is 0 Å². The van der Waals surface area contributed by atoms with E-state index in [1.54, 1.807) is 12.1 Å². The van der Waals surface area contributed by atoms with E-state index in [1.807, 2.05) is 18.2 Å². The standard InChI is InChI=1S/C16H22N2O/c1-12-9-14(11-16(2,3)10-12)17-18-15(19)13-7-5-4-6-8-13/h4-8,12H,9-11H2,1-3H3,(H,18,19)/b17-14-. The fraction of sp³-hybridized carbons (Fsp3) is 0.500. The van der Waals surface area contributed by atoms with Crippen molar-refractivity contribution >= 4 is 11.6 Å². The number of nitrogens with one attached hydrogen (secondary N) is 1. The van der Waals surface area contributed by atoms with Gasteiger partial charge in [0.25, 0.3) is 5.91 Å². The van der Waals surface area contributed by atoms with Gasteiger partial charge < -0.3 is 0 Å². The van der Waals surface area contributed by atoms with E-state index in [0.717, 1.165) is 18.6 Å². The number of amides is 1. The van der Waals surface area contributed by atoms with E-state index in [4.69, 9.17) is 0 Å². The van der Waals surface area contributed by atoms with Crippen LogP contribution in [0.15, 0.2) is 35.4 Å². The highest BCUT2D eigenvalue weighted by molar-refractivity contribution is 5.95. The molecule has 1 aromatic rings. The summed E-state index contributed by atoms with van der Waals surface area (Å²) in [6, 6.07) is 9.20. The average molecular weight is 258 g/mol. The maximum atomic E-state index is 11.9. The molecular formula is C16H22N2O. The predicted molar refractivity (Wildman–Crippen MR) is 78.1 cm³/mol. The minimum absolute atomic E-state index is 0.135. The van der Waals surface area contributed by atoms with E-state index in [0.29, 0.717) is 11.5 Å². The summed E-state index contributed by atoms with van der Waals surface area (Å²) >= 11 is 0. The third-order valence-electron chi connectivity index (χ3n) is 3.52. The SMILES string of the molecule is CC1C/C(=N/NC(=O)c2ccccc2)CC(C)(C)C1. The van der Waals surface area contributed by atoms with Crippen LogP contribution in [0.3, 0.4) is 0 Å². The van der Waals surface area contributed by atoms with Gasteiger partial charge in [-0.3, -0.25) is 4.79 Å². The van der Waals surface area contributed by atoms with Crippen LogP contribution in [0.25, 0.3) is 0 Å². The quantitative estimate of drug-likeness (QED) is 0.809. The molecule has 0 saturated heterocycles. The highest BCUT2D eigenvalue weighted by Gasteiger charge is 2.29. The van der Waals surface area contributed by atoms with Crippen LogP contribution in [-0.2, 0) is 0 Å². The summed E-state index contributed by atoms with van der Waals surface area (Å²) in [5.74, 6) is 0.500. The predicted octanol–water partition coefficient (Wildman–Crippen LogP) is 3.62. The van der Waals surface area contributed by atoms with E-state index in [2.05, 4.69) is 31.3 Å². The summed E-state index contributed by atoms with van der Waals surface area (Å²) in [5, 5.41) is 4.32. The first kappa shape index (κ1) is 13.8. The lowest BCUT2D eigenvalue weighted by atomic mass is 9.72. The Morgan fingerprint density at radius 2 is 2.00 bits per heavy atom. The Balaban J connectivity index is 2.01. The topological polar surface area (TPSA) is 41.5 Å². The number of hydrazone groups is 1. The largest absolute Gasteiger partial charge is 0.271 e. The second-order valence-electron chi connectivity index (χ2n) is 6.34. The van der Waals surface area contributed by atoms with Gasteiger partial charge in [0.1, 0.15) is 0 Å². The molecule has 0 bridgehead atoms. The van der Waals surface area contributed by atoms with Crippen LogP contribution in [0.2, 0.25) is 0 Å². The molecule has 1 aliphatic carbocycles. The van der Waals surface area contributed by atoms with Crippen molar-refractivity contribution in [3.05, 3.63) is 35.9 Å². The van der Waals surface area contributed by atoms with Crippen LogP contribution in [0.4, 0.5) is 0 Å². The van der Waals surface area contributed by atoms with Crippen LogP contribution in [-0.4, -0.2) is 11.6 Å². The summed E-state index contributed by atoms with van der Waals surface area (Å²) in [4.78, 5) is 11.9. The summed E-state index contributed by atoms with van der Waals surface area (Å²) in [6.07, 6.45) is 3.17. The van der Waals surface area contributed by atoms with Crippen LogP contribution in [0, 0.1) is 11.3 Å². The lowest BCUT2D eigenvalue weighted by molar-refractivity contribution is 0.0954. The molecule has 102 valence electrons. The van der Waals surface area contributed by atoms with Crippen LogP contribution < -0.4 is 5.43 Å². The number of rotatable bonds is 2. The van der Waals surface area contributed by atoms with Gasteiger partial charge in [-0.05, 0) is 42.7 Å². The van der Waals surface area contributed by atoms with E-state index < -0.39 is 0 Å². The van der Waals surface area contributed by atoms with Crippen molar-refractivity contribution in [3.63, 3.8) is 0 Å². The zero-order valence-corrected chi connectivity index (χ0v) is 11.9. The molecule has 3 heteroatoms. The van der Waals surface area contributed by atoms with Crippen molar-refractivity contribution in [2.75, 3.05) is 0 Å². The Morgan fingerprint density at radius 1 is 1.32 bits per heavy atom. The zero-order valence-electron chi connectivity index (χ0n) is 11.9. The molecule has 0 aliphatic heterocycles. The summed E-state index contributed by atoms with van der Waals surface area (Å²) in [7, 11) is 0. The molecular weight excluding hydrogens is 236 g/mol. The molecule has 0 heterocycles. The summed E-state index contributed by atoms with van der Waals surface area (Å²) < 4.78 is 0. The van der Waals surface area contributed by atoms with Gasteiger partial charge in [-0.15, -0.1) is 0 Å². The molecule has 2 rings (SSSR count). The van der Waals surface area contributed by atoms with E-state index in [9.17, 15) is 4.79 Å². The fourth-order valence-corrected chi connectivity index (χ4v) is 2.98. The van der Waals surface area contributed by atoms with Gasteiger partial charge in [0, 0.05) is 11.3 Å². The minimum atomic E-state index is -0.135. The number of hydrogen-bond donors (Lipinski definition) is 1. The first-order valence-corrected chi connectivity index (χ1v) is 6.87. The number of carbonyl (C=O) groups excluding carboxylic acids is 1. The normalized spacial score (nSPS) is 24.2. The smallest absolute Gasteiger partial charge is 0.267 e.